The highest BCUT2D eigenvalue weighted by Gasteiger charge is 2.31. The molecule has 3 N–H and O–H groups in total. The molecule has 20 heavy (non-hydrogen) atoms. The molecular weight excluding hydrogens is 278 g/mol. The number of anilines is 1. The maximum Gasteiger partial charge on any atom is 0.271 e. The molecule has 0 aromatic carbocycles. The van der Waals surface area contributed by atoms with E-state index in [0.29, 0.717) is 30.0 Å². The van der Waals surface area contributed by atoms with Gasteiger partial charge in [-0.15, -0.1) is 11.3 Å². The first kappa shape index (κ1) is 13.8. The van der Waals surface area contributed by atoms with E-state index in [1.807, 2.05) is 0 Å². The second-order valence-corrected chi connectivity index (χ2v) is 6.22. The van der Waals surface area contributed by atoms with Crippen molar-refractivity contribution in [3.05, 3.63) is 11.1 Å². The van der Waals surface area contributed by atoms with E-state index >= 15 is 0 Å². The second-order valence-electron chi connectivity index (χ2n) is 5.33. The van der Waals surface area contributed by atoms with Crippen LogP contribution in [0.3, 0.4) is 0 Å². The minimum absolute atomic E-state index is 0.0317. The van der Waals surface area contributed by atoms with Crippen LogP contribution in [0.4, 0.5) is 5.13 Å². The summed E-state index contributed by atoms with van der Waals surface area (Å²) in [5.41, 5.74) is 5.90. The maximum atomic E-state index is 12.1. The minimum Gasteiger partial charge on any atom is -0.379 e. The predicted octanol–water partition coefficient (Wildman–Crippen LogP) is 1.04. The molecule has 0 spiro atoms. The Morgan fingerprint density at radius 3 is 3.10 bits per heavy atom. The van der Waals surface area contributed by atoms with Crippen LogP contribution in [0.5, 0.6) is 0 Å². The zero-order valence-corrected chi connectivity index (χ0v) is 12.0. The van der Waals surface area contributed by atoms with Gasteiger partial charge in [0.25, 0.3) is 5.91 Å². The van der Waals surface area contributed by atoms with Crippen LogP contribution >= 0.6 is 11.3 Å². The van der Waals surface area contributed by atoms with Crippen molar-refractivity contribution in [3.63, 3.8) is 0 Å². The van der Waals surface area contributed by atoms with E-state index in [4.69, 9.17) is 15.2 Å². The number of thiazole rings is 1. The molecule has 3 rings (SSSR count). The molecule has 2 atom stereocenters. The van der Waals surface area contributed by atoms with E-state index in [9.17, 15) is 4.79 Å². The van der Waals surface area contributed by atoms with Crippen molar-refractivity contribution in [1.29, 1.82) is 0 Å². The van der Waals surface area contributed by atoms with Gasteiger partial charge in [0.05, 0.1) is 18.8 Å². The van der Waals surface area contributed by atoms with Crippen LogP contribution < -0.4 is 11.1 Å². The zero-order chi connectivity index (χ0) is 13.9. The molecule has 0 unspecified atom stereocenters. The van der Waals surface area contributed by atoms with Crippen LogP contribution in [-0.4, -0.2) is 42.9 Å². The van der Waals surface area contributed by atoms with E-state index in [0.717, 1.165) is 13.0 Å². The van der Waals surface area contributed by atoms with Crippen molar-refractivity contribution < 1.29 is 14.3 Å². The Hall–Kier alpha value is -1.18. The van der Waals surface area contributed by atoms with Crippen molar-refractivity contribution in [3.8, 4) is 0 Å². The fraction of sp³-hybridized carbons (Fsp3) is 0.692. The third-order valence-electron chi connectivity index (χ3n) is 3.61. The summed E-state index contributed by atoms with van der Waals surface area (Å²) in [7, 11) is 0. The normalized spacial score (nSPS) is 26.4. The number of carbonyl (C=O) groups excluding carboxylic acids is 1. The van der Waals surface area contributed by atoms with Gasteiger partial charge in [-0.25, -0.2) is 4.98 Å². The second kappa shape index (κ2) is 6.07. The minimum atomic E-state index is -0.214. The molecule has 110 valence electrons. The molecule has 2 fully saturated rings. The SMILES string of the molecule is Nc1nc(C(=O)N[C@@H]2COCC[C@@H]2OCC2CC2)cs1. The van der Waals surface area contributed by atoms with Gasteiger partial charge in [0.1, 0.15) is 5.69 Å². The number of ether oxygens (including phenoxy) is 2. The van der Waals surface area contributed by atoms with Gasteiger partial charge in [-0.1, -0.05) is 0 Å². The number of aromatic nitrogens is 1. The van der Waals surface area contributed by atoms with E-state index < -0.39 is 0 Å². The van der Waals surface area contributed by atoms with Gasteiger partial charge in [-0.2, -0.15) is 0 Å². The van der Waals surface area contributed by atoms with Crippen molar-refractivity contribution >= 4 is 22.4 Å². The number of carbonyl (C=O) groups is 1. The van der Waals surface area contributed by atoms with Crippen LogP contribution in [0.1, 0.15) is 29.8 Å². The van der Waals surface area contributed by atoms with Crippen LogP contribution in [0.15, 0.2) is 5.38 Å². The monoisotopic (exact) mass is 297 g/mol. The molecule has 1 saturated carbocycles. The average Bonchev–Trinajstić information content (AvgIpc) is 3.18. The molecular formula is C13H19N3O3S. The van der Waals surface area contributed by atoms with Gasteiger partial charge in [-0.3, -0.25) is 4.79 Å². The summed E-state index contributed by atoms with van der Waals surface area (Å²) in [6.07, 6.45) is 3.37. The Balaban J connectivity index is 1.56. The van der Waals surface area contributed by atoms with Crippen LogP contribution in [-0.2, 0) is 9.47 Å². The van der Waals surface area contributed by atoms with Gasteiger partial charge < -0.3 is 20.5 Å². The maximum absolute atomic E-state index is 12.1. The molecule has 7 heteroatoms. The third-order valence-corrected chi connectivity index (χ3v) is 4.28. The summed E-state index contributed by atoms with van der Waals surface area (Å²) in [5, 5.41) is 5.00. The first-order valence-corrected chi connectivity index (χ1v) is 7.81. The van der Waals surface area contributed by atoms with Gasteiger partial charge in [0, 0.05) is 18.6 Å². The van der Waals surface area contributed by atoms with Gasteiger partial charge >= 0.3 is 0 Å². The van der Waals surface area contributed by atoms with E-state index in [-0.39, 0.29) is 18.1 Å². The van der Waals surface area contributed by atoms with Gasteiger partial charge in [0.2, 0.25) is 0 Å². The van der Waals surface area contributed by atoms with Crippen molar-refractivity contribution in [1.82, 2.24) is 10.3 Å². The molecule has 1 amide bonds. The average molecular weight is 297 g/mol. The number of nitrogens with one attached hydrogen (secondary N) is 1. The Bertz CT molecular complexity index is 475. The summed E-state index contributed by atoms with van der Waals surface area (Å²) in [6, 6.07) is -0.113. The van der Waals surface area contributed by atoms with E-state index in [1.165, 1.54) is 24.2 Å². The largest absolute Gasteiger partial charge is 0.379 e. The summed E-state index contributed by atoms with van der Waals surface area (Å²) >= 11 is 1.26. The number of rotatable bonds is 5. The Morgan fingerprint density at radius 1 is 1.55 bits per heavy atom. The lowest BCUT2D eigenvalue weighted by Gasteiger charge is -2.32. The van der Waals surface area contributed by atoms with Gasteiger partial charge in [0.15, 0.2) is 5.13 Å². The smallest absolute Gasteiger partial charge is 0.271 e. The highest BCUT2D eigenvalue weighted by Crippen LogP contribution is 2.30. The first-order chi connectivity index (χ1) is 9.72. The van der Waals surface area contributed by atoms with Crippen LogP contribution in [0.25, 0.3) is 0 Å². The summed E-state index contributed by atoms with van der Waals surface area (Å²) in [6.45, 7) is 1.97. The number of hydrogen-bond acceptors (Lipinski definition) is 6. The molecule has 0 bridgehead atoms. The fourth-order valence-corrected chi connectivity index (χ4v) is 2.77. The van der Waals surface area contributed by atoms with Gasteiger partial charge in [-0.05, 0) is 25.2 Å². The Morgan fingerprint density at radius 2 is 2.40 bits per heavy atom. The topological polar surface area (TPSA) is 86.5 Å². The quantitative estimate of drug-likeness (QED) is 0.848. The fourth-order valence-electron chi connectivity index (χ4n) is 2.23. The van der Waals surface area contributed by atoms with Crippen LogP contribution in [0.2, 0.25) is 0 Å². The third kappa shape index (κ3) is 3.47. The molecule has 1 aliphatic heterocycles. The molecule has 1 aliphatic carbocycles. The molecule has 1 aromatic heterocycles. The number of hydrogen-bond donors (Lipinski definition) is 2. The molecule has 6 nitrogen and oxygen atoms in total. The number of nitrogens with zero attached hydrogens (tertiary/aromatic N) is 1. The van der Waals surface area contributed by atoms with Crippen LogP contribution in [0, 0.1) is 5.92 Å². The lowest BCUT2D eigenvalue weighted by Crippen LogP contribution is -2.50. The molecule has 2 aliphatic rings. The summed E-state index contributed by atoms with van der Waals surface area (Å²) < 4.78 is 11.4. The molecule has 2 heterocycles. The highest BCUT2D eigenvalue weighted by molar-refractivity contribution is 7.13. The standard InChI is InChI=1S/C13H19N3O3S/c14-13-16-10(7-20-13)12(17)15-9-6-18-4-3-11(9)19-5-8-1-2-8/h7-9,11H,1-6H2,(H2,14,16)(H,15,17)/t9-,11+/m1/s1. The summed E-state index contributed by atoms with van der Waals surface area (Å²) in [5.74, 6) is 0.501. The predicted molar refractivity (Wildman–Crippen MR) is 75.7 cm³/mol. The van der Waals surface area contributed by atoms with Crippen molar-refractivity contribution in [2.75, 3.05) is 25.6 Å². The molecule has 1 saturated heterocycles. The van der Waals surface area contributed by atoms with Crippen molar-refractivity contribution in [2.45, 2.75) is 31.4 Å². The Labute approximate surface area is 121 Å². The van der Waals surface area contributed by atoms with E-state index in [2.05, 4.69) is 10.3 Å². The van der Waals surface area contributed by atoms with E-state index in [1.54, 1.807) is 5.38 Å². The van der Waals surface area contributed by atoms with Crippen molar-refractivity contribution in [2.24, 2.45) is 5.92 Å². The lowest BCUT2D eigenvalue weighted by molar-refractivity contribution is -0.0567. The number of amides is 1. The molecule has 1 aromatic rings. The summed E-state index contributed by atoms with van der Waals surface area (Å²) in [4.78, 5) is 16.1. The number of nitrogen functional groups attached to an aromatic ring is 1. The lowest BCUT2D eigenvalue weighted by atomic mass is 10.1. The zero-order valence-electron chi connectivity index (χ0n) is 11.2. The first-order valence-electron chi connectivity index (χ1n) is 6.93. The Kier molecular flexibility index (Phi) is 4.18. The molecule has 0 radical (unpaired) electrons. The number of nitrogens with two attached hydrogens (primary N) is 1. The highest BCUT2D eigenvalue weighted by atomic mass is 32.1.